The summed E-state index contributed by atoms with van der Waals surface area (Å²) in [4.78, 5) is 51.7. The molecule has 8 heteroatoms. The Bertz CT molecular complexity index is 1280. The number of hydrogen-bond acceptors (Lipinski definition) is 6. The lowest BCUT2D eigenvalue weighted by molar-refractivity contribution is -0.116. The number of hydrogen-bond donors (Lipinski definition) is 1. The van der Waals surface area contributed by atoms with Gasteiger partial charge in [0.2, 0.25) is 5.91 Å². The van der Waals surface area contributed by atoms with Crippen LogP contribution in [0.25, 0.3) is 11.1 Å². The fourth-order valence-corrected chi connectivity index (χ4v) is 4.98. The molecule has 0 bridgehead atoms. The molecular weight excluding hydrogens is 452 g/mol. The van der Waals surface area contributed by atoms with E-state index in [0.29, 0.717) is 27.3 Å². The first-order valence-corrected chi connectivity index (χ1v) is 11.8. The minimum absolute atomic E-state index is 0.0534. The molecule has 0 spiro atoms. The highest BCUT2D eigenvalue weighted by Crippen LogP contribution is 2.38. The molecule has 0 saturated heterocycles. The van der Waals surface area contributed by atoms with Crippen LogP contribution in [0.15, 0.2) is 47.8 Å². The summed E-state index contributed by atoms with van der Waals surface area (Å²) in [5, 5.41) is 4.97. The van der Waals surface area contributed by atoms with E-state index in [9.17, 15) is 19.2 Å². The second-order valence-corrected chi connectivity index (χ2v) is 8.88. The number of amides is 3. The van der Waals surface area contributed by atoms with Gasteiger partial charge in [0.05, 0.1) is 17.7 Å². The molecule has 0 saturated carbocycles. The van der Waals surface area contributed by atoms with E-state index in [2.05, 4.69) is 5.32 Å². The van der Waals surface area contributed by atoms with E-state index >= 15 is 0 Å². The van der Waals surface area contributed by atoms with Crippen molar-refractivity contribution in [1.29, 1.82) is 0 Å². The Morgan fingerprint density at radius 3 is 2.26 bits per heavy atom. The number of carbonyl (C=O) groups is 4. The third kappa shape index (κ3) is 4.36. The highest BCUT2D eigenvalue weighted by atomic mass is 32.1. The van der Waals surface area contributed by atoms with E-state index in [0.717, 1.165) is 21.6 Å². The van der Waals surface area contributed by atoms with Crippen molar-refractivity contribution in [2.45, 2.75) is 27.2 Å². The van der Waals surface area contributed by atoms with Crippen molar-refractivity contribution in [3.05, 3.63) is 75.7 Å². The van der Waals surface area contributed by atoms with Gasteiger partial charge in [0.1, 0.15) is 10.6 Å². The Morgan fingerprint density at radius 1 is 0.971 bits per heavy atom. The van der Waals surface area contributed by atoms with Crippen LogP contribution in [-0.2, 0) is 9.53 Å². The zero-order valence-corrected chi connectivity index (χ0v) is 20.0. The number of carbonyl (C=O) groups excluding carboxylic acids is 4. The topological polar surface area (TPSA) is 92.8 Å². The summed E-state index contributed by atoms with van der Waals surface area (Å²) in [7, 11) is 0. The van der Waals surface area contributed by atoms with Crippen molar-refractivity contribution < 1.29 is 23.9 Å². The largest absolute Gasteiger partial charge is 0.462 e. The molecule has 1 aliphatic rings. The third-order valence-electron chi connectivity index (χ3n) is 5.64. The lowest BCUT2D eigenvalue weighted by Gasteiger charge is -2.14. The summed E-state index contributed by atoms with van der Waals surface area (Å²) in [6.45, 7) is 5.84. The Hall–Kier alpha value is -3.78. The van der Waals surface area contributed by atoms with Gasteiger partial charge in [0.15, 0.2) is 0 Å². The first kappa shape index (κ1) is 23.4. The summed E-state index contributed by atoms with van der Waals surface area (Å²) in [5.41, 5.74) is 4.67. The number of anilines is 1. The van der Waals surface area contributed by atoms with E-state index in [-0.39, 0.29) is 19.6 Å². The standard InChI is InChI=1S/C26H24N2O5S/c1-4-33-26(32)22-20(17-10-9-15(2)13-16(17)3)14-34-23(22)27-21(29)11-12-28-24(30)18-7-5-6-8-19(18)25(28)31/h5-10,13-14H,4,11-12H2,1-3H3,(H,27,29). The van der Waals surface area contributed by atoms with E-state index in [1.807, 2.05) is 37.4 Å². The lowest BCUT2D eigenvalue weighted by atomic mass is 9.97. The van der Waals surface area contributed by atoms with Crippen LogP contribution in [0, 0.1) is 13.8 Å². The number of thiophene rings is 1. The Morgan fingerprint density at radius 2 is 1.65 bits per heavy atom. The molecule has 0 atom stereocenters. The predicted molar refractivity (Wildman–Crippen MR) is 130 cm³/mol. The molecular formula is C26H24N2O5S. The molecule has 2 aromatic carbocycles. The minimum atomic E-state index is -0.519. The Kier molecular flexibility index (Phi) is 6.61. The van der Waals surface area contributed by atoms with Crippen molar-refractivity contribution in [2.24, 2.45) is 0 Å². The van der Waals surface area contributed by atoms with Crippen molar-refractivity contribution in [3.63, 3.8) is 0 Å². The van der Waals surface area contributed by atoms with Crippen molar-refractivity contribution in [2.75, 3.05) is 18.5 Å². The highest BCUT2D eigenvalue weighted by Gasteiger charge is 2.35. The van der Waals surface area contributed by atoms with Crippen LogP contribution in [0.3, 0.4) is 0 Å². The molecule has 2 heterocycles. The molecule has 1 N–H and O–H groups in total. The molecule has 7 nitrogen and oxygen atoms in total. The fourth-order valence-electron chi connectivity index (χ4n) is 4.01. The maximum atomic E-state index is 12.8. The number of aryl methyl sites for hydroxylation is 2. The maximum absolute atomic E-state index is 12.8. The SMILES string of the molecule is CCOC(=O)c1c(-c2ccc(C)cc2C)csc1NC(=O)CCN1C(=O)c2ccccc2C1=O. The van der Waals surface area contributed by atoms with Crippen LogP contribution in [0.5, 0.6) is 0 Å². The number of imide groups is 1. The van der Waals surface area contributed by atoms with E-state index in [4.69, 9.17) is 4.74 Å². The molecule has 0 aliphatic carbocycles. The predicted octanol–water partition coefficient (Wildman–Crippen LogP) is 4.83. The van der Waals surface area contributed by atoms with Gasteiger partial charge in [0.25, 0.3) is 11.8 Å². The van der Waals surface area contributed by atoms with Gasteiger partial charge in [-0.25, -0.2) is 4.79 Å². The number of rotatable bonds is 7. The second kappa shape index (κ2) is 9.61. The maximum Gasteiger partial charge on any atom is 0.341 e. The van der Waals surface area contributed by atoms with Gasteiger partial charge in [-0.3, -0.25) is 19.3 Å². The molecule has 3 aromatic rings. The van der Waals surface area contributed by atoms with Crippen LogP contribution < -0.4 is 5.32 Å². The monoisotopic (exact) mass is 476 g/mol. The zero-order chi connectivity index (χ0) is 24.4. The van der Waals surface area contributed by atoms with E-state index < -0.39 is 23.7 Å². The molecule has 34 heavy (non-hydrogen) atoms. The second-order valence-electron chi connectivity index (χ2n) is 8.00. The number of ether oxygens (including phenoxy) is 1. The van der Waals surface area contributed by atoms with Gasteiger partial charge in [-0.15, -0.1) is 11.3 Å². The average Bonchev–Trinajstić information content (AvgIpc) is 3.32. The van der Waals surface area contributed by atoms with Gasteiger partial charge < -0.3 is 10.1 Å². The van der Waals surface area contributed by atoms with Crippen molar-refractivity contribution >= 4 is 40.0 Å². The van der Waals surface area contributed by atoms with Crippen LogP contribution in [-0.4, -0.2) is 41.7 Å². The van der Waals surface area contributed by atoms with Crippen molar-refractivity contribution in [3.8, 4) is 11.1 Å². The number of fused-ring (bicyclic) bond motifs is 1. The molecule has 0 radical (unpaired) electrons. The quantitative estimate of drug-likeness (QED) is 0.389. The van der Waals surface area contributed by atoms with Crippen LogP contribution in [0.2, 0.25) is 0 Å². The average molecular weight is 477 g/mol. The first-order valence-electron chi connectivity index (χ1n) is 10.9. The number of nitrogens with zero attached hydrogens (tertiary/aromatic N) is 1. The third-order valence-corrected chi connectivity index (χ3v) is 6.53. The van der Waals surface area contributed by atoms with Crippen LogP contribution in [0.1, 0.15) is 55.5 Å². The molecule has 1 aliphatic heterocycles. The molecule has 0 unspecified atom stereocenters. The molecule has 1 aromatic heterocycles. The number of esters is 1. The van der Waals surface area contributed by atoms with E-state index in [1.165, 1.54) is 11.3 Å². The van der Waals surface area contributed by atoms with Gasteiger partial charge >= 0.3 is 5.97 Å². The number of nitrogens with one attached hydrogen (secondary N) is 1. The van der Waals surface area contributed by atoms with Gasteiger partial charge in [-0.2, -0.15) is 0 Å². The minimum Gasteiger partial charge on any atom is -0.462 e. The van der Waals surface area contributed by atoms with E-state index in [1.54, 1.807) is 31.2 Å². The normalized spacial score (nSPS) is 12.6. The van der Waals surface area contributed by atoms with Gasteiger partial charge in [-0.05, 0) is 44.0 Å². The van der Waals surface area contributed by atoms with Gasteiger partial charge in [0, 0.05) is 23.9 Å². The smallest absolute Gasteiger partial charge is 0.341 e. The summed E-state index contributed by atoms with van der Waals surface area (Å²) >= 11 is 1.24. The highest BCUT2D eigenvalue weighted by molar-refractivity contribution is 7.15. The van der Waals surface area contributed by atoms with Crippen LogP contribution in [0.4, 0.5) is 5.00 Å². The number of benzene rings is 2. The fraction of sp³-hybridized carbons (Fsp3) is 0.231. The summed E-state index contributed by atoms with van der Waals surface area (Å²) in [6, 6.07) is 12.5. The lowest BCUT2D eigenvalue weighted by Crippen LogP contribution is -2.32. The van der Waals surface area contributed by atoms with Gasteiger partial charge in [-0.1, -0.05) is 35.9 Å². The Balaban J connectivity index is 1.53. The molecule has 0 fully saturated rings. The Labute approximate surface area is 201 Å². The molecule has 3 amide bonds. The zero-order valence-electron chi connectivity index (χ0n) is 19.1. The summed E-state index contributed by atoms with van der Waals surface area (Å²) < 4.78 is 5.26. The van der Waals surface area contributed by atoms with Crippen molar-refractivity contribution in [1.82, 2.24) is 4.90 Å². The molecule has 174 valence electrons. The molecule has 4 rings (SSSR count). The summed E-state index contributed by atoms with van der Waals surface area (Å²) in [5.74, 6) is -1.74. The summed E-state index contributed by atoms with van der Waals surface area (Å²) in [6.07, 6.45) is -0.0927. The first-order chi connectivity index (χ1) is 16.3. The van der Waals surface area contributed by atoms with Crippen LogP contribution >= 0.6 is 11.3 Å².